The van der Waals surface area contributed by atoms with E-state index in [1.807, 2.05) is 0 Å². The van der Waals surface area contributed by atoms with E-state index < -0.39 is 11.6 Å². The van der Waals surface area contributed by atoms with Crippen LogP contribution < -0.4 is 10.1 Å². The normalized spacial score (nSPS) is 19.9. The van der Waals surface area contributed by atoms with E-state index in [1.165, 1.54) is 4.57 Å². The van der Waals surface area contributed by atoms with E-state index in [0.29, 0.717) is 18.6 Å². The largest absolute Gasteiger partial charge is 0.477 e. The Morgan fingerprint density at radius 2 is 2.31 bits per heavy atom. The van der Waals surface area contributed by atoms with Gasteiger partial charge in [-0.15, -0.1) is 0 Å². The molecule has 6 heteroatoms. The summed E-state index contributed by atoms with van der Waals surface area (Å²) in [6.07, 6.45) is 2.96. The maximum Gasteiger partial charge on any atom is 0.354 e. The van der Waals surface area contributed by atoms with Crippen LogP contribution in [0.1, 0.15) is 23.3 Å². The van der Waals surface area contributed by atoms with Gasteiger partial charge in [-0.25, -0.2) is 4.79 Å². The zero-order valence-electron chi connectivity index (χ0n) is 8.61. The number of anilines is 1. The predicted octanol–water partition coefficient (Wildman–Crippen LogP) is 0.587. The quantitative estimate of drug-likeness (QED) is 0.728. The maximum absolute atomic E-state index is 11.7. The first-order valence-electron chi connectivity index (χ1n) is 4.96. The van der Waals surface area contributed by atoms with Crippen LogP contribution in [-0.4, -0.2) is 27.2 Å². The van der Waals surface area contributed by atoms with Crippen molar-refractivity contribution >= 4 is 17.6 Å². The number of aromatic nitrogens is 1. The monoisotopic (exact) mass is 222 g/mol. The number of rotatable bonds is 1. The molecule has 0 radical (unpaired) electrons. The summed E-state index contributed by atoms with van der Waals surface area (Å²) in [5, 5.41) is 11.6. The standard InChI is InChI=1S/C10H10N2O4/c1-12-4-5-6(7(12)8(13)14)11-9(15)10(16-5)2-3-10/h4H,2-3H2,1H3,(H,11,15)(H,13,14). The third kappa shape index (κ3) is 1.01. The lowest BCUT2D eigenvalue weighted by atomic mass is 10.2. The van der Waals surface area contributed by atoms with E-state index in [9.17, 15) is 9.59 Å². The Morgan fingerprint density at radius 3 is 2.88 bits per heavy atom. The smallest absolute Gasteiger partial charge is 0.354 e. The zero-order valence-corrected chi connectivity index (χ0v) is 8.61. The molecule has 2 aliphatic rings. The highest BCUT2D eigenvalue weighted by molar-refractivity contribution is 6.07. The van der Waals surface area contributed by atoms with E-state index in [0.717, 1.165) is 0 Å². The SMILES string of the molecule is Cn1cc2c(c1C(=O)O)NC(=O)C1(CC1)O2. The van der Waals surface area contributed by atoms with Gasteiger partial charge in [0.1, 0.15) is 5.69 Å². The van der Waals surface area contributed by atoms with Crippen molar-refractivity contribution in [1.29, 1.82) is 0 Å². The van der Waals surface area contributed by atoms with Gasteiger partial charge in [0.05, 0.1) is 0 Å². The molecule has 0 saturated heterocycles. The van der Waals surface area contributed by atoms with Crippen LogP contribution in [0.5, 0.6) is 5.75 Å². The van der Waals surface area contributed by atoms with E-state index in [2.05, 4.69) is 5.32 Å². The predicted molar refractivity (Wildman–Crippen MR) is 53.6 cm³/mol. The molecule has 1 aliphatic heterocycles. The number of ether oxygens (including phenoxy) is 1. The number of carboxylic acid groups (broad SMARTS) is 1. The molecule has 0 atom stereocenters. The minimum atomic E-state index is -1.08. The number of hydrogen-bond donors (Lipinski definition) is 2. The molecule has 0 bridgehead atoms. The molecule has 0 unspecified atom stereocenters. The number of carbonyl (C=O) groups is 2. The van der Waals surface area contributed by atoms with Crippen molar-refractivity contribution in [1.82, 2.24) is 4.57 Å². The topological polar surface area (TPSA) is 80.6 Å². The fraction of sp³-hybridized carbons (Fsp3) is 0.400. The highest BCUT2D eigenvalue weighted by Crippen LogP contribution is 2.48. The van der Waals surface area contributed by atoms with Crippen molar-refractivity contribution in [3.63, 3.8) is 0 Å². The lowest BCUT2D eigenvalue weighted by Gasteiger charge is -2.23. The summed E-state index contributed by atoms with van der Waals surface area (Å²) in [6.45, 7) is 0. The number of fused-ring (bicyclic) bond motifs is 1. The van der Waals surface area contributed by atoms with Gasteiger partial charge in [-0.2, -0.15) is 0 Å². The second-order valence-electron chi connectivity index (χ2n) is 4.18. The molecule has 3 rings (SSSR count). The number of hydrogen-bond acceptors (Lipinski definition) is 3. The molecule has 2 heterocycles. The molecule has 16 heavy (non-hydrogen) atoms. The minimum Gasteiger partial charge on any atom is -0.477 e. The highest BCUT2D eigenvalue weighted by atomic mass is 16.5. The fourth-order valence-electron chi connectivity index (χ4n) is 1.98. The van der Waals surface area contributed by atoms with Crippen LogP contribution in [0.4, 0.5) is 5.69 Å². The zero-order chi connectivity index (χ0) is 11.5. The number of aromatic carboxylic acids is 1. The minimum absolute atomic E-state index is 0.0406. The van der Waals surface area contributed by atoms with E-state index in [-0.39, 0.29) is 17.3 Å². The number of carbonyl (C=O) groups excluding carboxylic acids is 1. The first-order valence-corrected chi connectivity index (χ1v) is 4.96. The van der Waals surface area contributed by atoms with Gasteiger partial charge in [-0.3, -0.25) is 4.79 Å². The van der Waals surface area contributed by atoms with Crippen molar-refractivity contribution < 1.29 is 19.4 Å². The Balaban J connectivity index is 2.12. The van der Waals surface area contributed by atoms with E-state index in [1.54, 1.807) is 13.2 Å². The number of aryl methyl sites for hydroxylation is 1. The summed E-state index contributed by atoms with van der Waals surface area (Å²) >= 11 is 0. The summed E-state index contributed by atoms with van der Waals surface area (Å²) < 4.78 is 7.00. The van der Waals surface area contributed by atoms with Crippen LogP contribution in [0.3, 0.4) is 0 Å². The molecule has 1 amide bonds. The van der Waals surface area contributed by atoms with Crippen molar-refractivity contribution in [2.45, 2.75) is 18.4 Å². The molecule has 1 aromatic heterocycles. The second-order valence-corrected chi connectivity index (χ2v) is 4.18. The molecule has 2 N–H and O–H groups in total. The number of nitrogens with zero attached hydrogens (tertiary/aromatic N) is 1. The lowest BCUT2D eigenvalue weighted by molar-refractivity contribution is -0.125. The summed E-state index contributed by atoms with van der Waals surface area (Å²) in [5.74, 6) is -0.884. The van der Waals surface area contributed by atoms with Crippen LogP contribution in [0.15, 0.2) is 6.20 Å². The average Bonchev–Trinajstić information content (AvgIpc) is 2.87. The third-order valence-corrected chi connectivity index (χ3v) is 3.01. The Kier molecular flexibility index (Phi) is 1.49. The first kappa shape index (κ1) is 9.26. The van der Waals surface area contributed by atoms with Gasteiger partial charge >= 0.3 is 5.97 Å². The Morgan fingerprint density at radius 1 is 1.62 bits per heavy atom. The summed E-state index contributed by atoms with van der Waals surface area (Å²) in [6, 6.07) is 0. The molecule has 6 nitrogen and oxygen atoms in total. The first-order chi connectivity index (χ1) is 7.53. The van der Waals surface area contributed by atoms with Gasteiger partial charge < -0.3 is 19.7 Å². The number of nitrogens with one attached hydrogen (secondary N) is 1. The fourth-order valence-corrected chi connectivity index (χ4v) is 1.98. The van der Waals surface area contributed by atoms with Crippen molar-refractivity contribution in [2.24, 2.45) is 7.05 Å². The van der Waals surface area contributed by atoms with Crippen molar-refractivity contribution in [3.05, 3.63) is 11.9 Å². The summed E-state index contributed by atoms with van der Waals surface area (Å²) in [5.41, 5.74) is -0.430. The molecule has 1 aliphatic carbocycles. The average molecular weight is 222 g/mol. The van der Waals surface area contributed by atoms with Gasteiger partial charge in [0, 0.05) is 26.1 Å². The van der Waals surface area contributed by atoms with E-state index >= 15 is 0 Å². The van der Waals surface area contributed by atoms with Gasteiger partial charge in [-0.05, 0) is 0 Å². The molecular weight excluding hydrogens is 212 g/mol. The van der Waals surface area contributed by atoms with E-state index in [4.69, 9.17) is 9.84 Å². The number of amides is 1. The lowest BCUT2D eigenvalue weighted by Crippen LogP contribution is -2.39. The van der Waals surface area contributed by atoms with Crippen LogP contribution in [0.25, 0.3) is 0 Å². The van der Waals surface area contributed by atoms with Gasteiger partial charge in [0.25, 0.3) is 5.91 Å². The Bertz CT molecular complexity index is 513. The molecular formula is C10H10N2O4. The molecule has 1 spiro atoms. The maximum atomic E-state index is 11.7. The van der Waals surface area contributed by atoms with Crippen LogP contribution in [0.2, 0.25) is 0 Å². The Labute approximate surface area is 90.8 Å². The second kappa shape index (κ2) is 2.58. The summed E-state index contributed by atoms with van der Waals surface area (Å²) in [7, 11) is 1.61. The number of carboxylic acids is 1. The van der Waals surface area contributed by atoms with Gasteiger partial charge in [-0.1, -0.05) is 0 Å². The van der Waals surface area contributed by atoms with Gasteiger partial charge in [0.15, 0.2) is 17.0 Å². The van der Waals surface area contributed by atoms with Crippen molar-refractivity contribution in [3.8, 4) is 5.75 Å². The van der Waals surface area contributed by atoms with Crippen LogP contribution in [0, 0.1) is 0 Å². The van der Waals surface area contributed by atoms with Crippen molar-refractivity contribution in [2.75, 3.05) is 5.32 Å². The van der Waals surface area contributed by atoms with Crippen LogP contribution in [-0.2, 0) is 11.8 Å². The Hall–Kier alpha value is -1.98. The summed E-state index contributed by atoms with van der Waals surface area (Å²) in [4.78, 5) is 22.7. The molecule has 1 saturated carbocycles. The molecule has 1 aromatic rings. The molecule has 0 aromatic carbocycles. The van der Waals surface area contributed by atoms with Crippen LogP contribution >= 0.6 is 0 Å². The molecule has 1 fully saturated rings. The van der Waals surface area contributed by atoms with Gasteiger partial charge in [0.2, 0.25) is 0 Å². The molecule has 84 valence electrons. The third-order valence-electron chi connectivity index (χ3n) is 3.01. The highest BCUT2D eigenvalue weighted by Gasteiger charge is 2.56.